The molecule has 0 aliphatic heterocycles. The van der Waals surface area contributed by atoms with E-state index in [9.17, 15) is 9.59 Å². The maximum Gasteiger partial charge on any atom is 0.333 e. The van der Waals surface area contributed by atoms with Crippen molar-refractivity contribution in [2.24, 2.45) is 5.92 Å². The number of carbonyl (C=O) groups excluding carboxylic acids is 2. The Morgan fingerprint density at radius 3 is 2.45 bits per heavy atom. The van der Waals surface area contributed by atoms with E-state index in [0.717, 1.165) is 6.29 Å². The van der Waals surface area contributed by atoms with Gasteiger partial charge >= 0.3 is 5.97 Å². The third-order valence-corrected chi connectivity index (χ3v) is 1.23. The molecule has 0 heterocycles. The molecule has 0 N–H and O–H groups in total. The van der Waals surface area contributed by atoms with E-state index in [1.807, 2.05) is 0 Å². The molecular weight excluding hydrogens is 144 g/mol. The van der Waals surface area contributed by atoms with Crippen molar-refractivity contribution in [2.75, 3.05) is 7.11 Å². The van der Waals surface area contributed by atoms with Gasteiger partial charge in [0.1, 0.15) is 6.29 Å². The maximum atomic E-state index is 10.8. The first kappa shape index (κ1) is 9.88. The zero-order valence-electron chi connectivity index (χ0n) is 6.96. The molecule has 0 amide bonds. The predicted octanol–water partition coefficient (Wildman–Crippen LogP) is 0.941. The minimum absolute atomic E-state index is 0.228. The van der Waals surface area contributed by atoms with Crippen LogP contribution in [-0.2, 0) is 14.3 Å². The molecule has 0 saturated heterocycles. The van der Waals surface area contributed by atoms with Gasteiger partial charge in [-0.3, -0.25) is 0 Å². The van der Waals surface area contributed by atoms with Crippen molar-refractivity contribution >= 4 is 12.3 Å². The number of methoxy groups -OCH3 is 1. The highest BCUT2D eigenvalue weighted by atomic mass is 16.5. The minimum atomic E-state index is -0.390. The van der Waals surface area contributed by atoms with Gasteiger partial charge < -0.3 is 9.53 Å². The van der Waals surface area contributed by atoms with Crippen LogP contribution in [0.2, 0.25) is 0 Å². The fraction of sp³-hybridized carbons (Fsp3) is 0.500. The van der Waals surface area contributed by atoms with Crippen LogP contribution in [0.4, 0.5) is 0 Å². The van der Waals surface area contributed by atoms with E-state index in [1.54, 1.807) is 19.9 Å². The lowest BCUT2D eigenvalue weighted by molar-refractivity contribution is -0.136. The van der Waals surface area contributed by atoms with Crippen LogP contribution in [0.25, 0.3) is 0 Å². The van der Waals surface area contributed by atoms with Gasteiger partial charge in [-0.15, -0.1) is 0 Å². The van der Waals surface area contributed by atoms with Crippen LogP contribution in [-0.4, -0.2) is 19.4 Å². The highest BCUT2D eigenvalue weighted by molar-refractivity contribution is 5.88. The van der Waals surface area contributed by atoms with Gasteiger partial charge in [-0.25, -0.2) is 4.79 Å². The Bertz CT molecular complexity index is 182. The van der Waals surface area contributed by atoms with Crippen LogP contribution >= 0.6 is 0 Å². The third kappa shape index (κ3) is 3.55. The molecule has 0 radical (unpaired) electrons. The summed E-state index contributed by atoms with van der Waals surface area (Å²) in [5, 5.41) is 0. The molecule has 1 atom stereocenters. The molecule has 0 aromatic rings. The van der Waals surface area contributed by atoms with Crippen molar-refractivity contribution in [1.29, 1.82) is 0 Å². The summed E-state index contributed by atoms with van der Waals surface area (Å²) in [5.74, 6) is -0.618. The standard InChI is InChI=1S/C8H12O3/c1-6(5-9)4-7(2)8(10)11-3/h4-6H,1-3H3/b7-4+. The summed E-state index contributed by atoms with van der Waals surface area (Å²) in [6, 6.07) is 0. The zero-order valence-corrected chi connectivity index (χ0v) is 6.96. The Morgan fingerprint density at radius 2 is 2.09 bits per heavy atom. The van der Waals surface area contributed by atoms with Gasteiger partial charge in [0.05, 0.1) is 7.11 Å². The molecule has 0 aromatic heterocycles. The lowest BCUT2D eigenvalue weighted by Gasteiger charge is -1.99. The van der Waals surface area contributed by atoms with E-state index in [0.29, 0.717) is 5.57 Å². The zero-order chi connectivity index (χ0) is 8.85. The molecule has 0 bridgehead atoms. The van der Waals surface area contributed by atoms with Crippen molar-refractivity contribution in [3.05, 3.63) is 11.6 Å². The summed E-state index contributed by atoms with van der Waals surface area (Å²) >= 11 is 0. The van der Waals surface area contributed by atoms with E-state index >= 15 is 0 Å². The summed E-state index contributed by atoms with van der Waals surface area (Å²) in [7, 11) is 1.31. The number of rotatable bonds is 3. The SMILES string of the molecule is COC(=O)/C(C)=C/C(C)C=O. The normalized spacial score (nSPS) is 13.9. The van der Waals surface area contributed by atoms with Crippen LogP contribution in [0.15, 0.2) is 11.6 Å². The van der Waals surface area contributed by atoms with Gasteiger partial charge in [0.2, 0.25) is 0 Å². The third-order valence-electron chi connectivity index (χ3n) is 1.23. The summed E-state index contributed by atoms with van der Waals surface area (Å²) in [4.78, 5) is 20.9. The average Bonchev–Trinajstić information content (AvgIpc) is 2.02. The average molecular weight is 156 g/mol. The second kappa shape index (κ2) is 4.66. The lowest BCUT2D eigenvalue weighted by Crippen LogP contribution is -2.03. The minimum Gasteiger partial charge on any atom is -0.466 e. The van der Waals surface area contributed by atoms with Crippen molar-refractivity contribution in [3.63, 3.8) is 0 Å². The Hall–Kier alpha value is -1.12. The topological polar surface area (TPSA) is 43.4 Å². The van der Waals surface area contributed by atoms with E-state index < -0.39 is 5.97 Å². The molecule has 62 valence electrons. The van der Waals surface area contributed by atoms with Crippen LogP contribution in [0.3, 0.4) is 0 Å². The molecule has 11 heavy (non-hydrogen) atoms. The number of hydrogen-bond donors (Lipinski definition) is 0. The molecule has 0 fully saturated rings. The van der Waals surface area contributed by atoms with E-state index in [4.69, 9.17) is 0 Å². The quantitative estimate of drug-likeness (QED) is 0.347. The molecule has 0 saturated carbocycles. The number of carbonyl (C=O) groups is 2. The Kier molecular flexibility index (Phi) is 4.18. The summed E-state index contributed by atoms with van der Waals surface area (Å²) < 4.78 is 4.43. The Balaban J connectivity index is 4.20. The molecule has 3 heteroatoms. The van der Waals surface area contributed by atoms with E-state index in [-0.39, 0.29) is 5.92 Å². The summed E-state index contributed by atoms with van der Waals surface area (Å²) in [5.41, 5.74) is 0.465. The van der Waals surface area contributed by atoms with E-state index in [2.05, 4.69) is 4.74 Å². The van der Waals surface area contributed by atoms with Crippen molar-refractivity contribution in [2.45, 2.75) is 13.8 Å². The van der Waals surface area contributed by atoms with Crippen molar-refractivity contribution < 1.29 is 14.3 Å². The highest BCUT2D eigenvalue weighted by Gasteiger charge is 2.04. The van der Waals surface area contributed by atoms with Crippen molar-refractivity contribution in [3.8, 4) is 0 Å². The summed E-state index contributed by atoms with van der Waals surface area (Å²) in [6.45, 7) is 3.32. The largest absolute Gasteiger partial charge is 0.466 e. The first-order chi connectivity index (χ1) is 5.11. The van der Waals surface area contributed by atoms with Crippen LogP contribution in [0.1, 0.15) is 13.8 Å². The number of hydrogen-bond acceptors (Lipinski definition) is 3. The Morgan fingerprint density at radius 1 is 1.55 bits per heavy atom. The van der Waals surface area contributed by atoms with Crippen LogP contribution in [0.5, 0.6) is 0 Å². The number of aldehydes is 1. The first-order valence-electron chi connectivity index (χ1n) is 3.33. The molecule has 0 spiro atoms. The smallest absolute Gasteiger partial charge is 0.333 e. The predicted molar refractivity (Wildman–Crippen MR) is 41.0 cm³/mol. The van der Waals surface area contributed by atoms with Gasteiger partial charge in [-0.1, -0.05) is 13.0 Å². The fourth-order valence-corrected chi connectivity index (χ4v) is 0.663. The van der Waals surface area contributed by atoms with Gasteiger partial charge in [0, 0.05) is 11.5 Å². The molecule has 0 rings (SSSR count). The van der Waals surface area contributed by atoms with Gasteiger partial charge in [-0.2, -0.15) is 0 Å². The second-order valence-electron chi connectivity index (χ2n) is 2.34. The van der Waals surface area contributed by atoms with E-state index in [1.165, 1.54) is 7.11 Å². The lowest BCUT2D eigenvalue weighted by atomic mass is 10.1. The van der Waals surface area contributed by atoms with Crippen LogP contribution < -0.4 is 0 Å². The number of ether oxygens (including phenoxy) is 1. The van der Waals surface area contributed by atoms with Gasteiger partial charge in [0.25, 0.3) is 0 Å². The fourth-order valence-electron chi connectivity index (χ4n) is 0.663. The summed E-state index contributed by atoms with van der Waals surface area (Å²) in [6.07, 6.45) is 2.34. The molecule has 1 unspecified atom stereocenters. The number of esters is 1. The first-order valence-corrected chi connectivity index (χ1v) is 3.33. The molecule has 0 aliphatic carbocycles. The van der Waals surface area contributed by atoms with Crippen molar-refractivity contribution in [1.82, 2.24) is 0 Å². The maximum absolute atomic E-state index is 10.8. The Labute approximate surface area is 66.0 Å². The van der Waals surface area contributed by atoms with Crippen LogP contribution in [0, 0.1) is 5.92 Å². The molecule has 0 aromatic carbocycles. The molecular formula is C8H12O3. The number of allylic oxidation sites excluding steroid dienone is 1. The highest BCUT2D eigenvalue weighted by Crippen LogP contribution is 2.01. The second-order valence-corrected chi connectivity index (χ2v) is 2.34. The monoisotopic (exact) mass is 156 g/mol. The molecule has 3 nitrogen and oxygen atoms in total. The van der Waals surface area contributed by atoms with Gasteiger partial charge in [0.15, 0.2) is 0 Å². The molecule has 0 aliphatic rings. The van der Waals surface area contributed by atoms with Gasteiger partial charge in [-0.05, 0) is 6.92 Å².